The highest BCUT2D eigenvalue weighted by Crippen LogP contribution is 2.41. The van der Waals surface area contributed by atoms with Gasteiger partial charge in [0.05, 0.1) is 47.1 Å². The average Bonchev–Trinajstić information content (AvgIpc) is 1.62. The summed E-state index contributed by atoms with van der Waals surface area (Å²) in [6.07, 6.45) is -0.921. The van der Waals surface area contributed by atoms with Gasteiger partial charge < -0.3 is 46.1 Å². The van der Waals surface area contributed by atoms with Crippen LogP contribution < -0.4 is 26.2 Å². The van der Waals surface area contributed by atoms with Crippen molar-refractivity contribution in [1.82, 2.24) is 56.2 Å². The maximum absolute atomic E-state index is 14.4. The van der Waals surface area contributed by atoms with Crippen molar-refractivity contribution < 1.29 is 63.1 Å². The van der Waals surface area contributed by atoms with E-state index in [2.05, 4.69) is 21.3 Å². The first-order chi connectivity index (χ1) is 44.2. The number of rotatable bonds is 16. The van der Waals surface area contributed by atoms with Gasteiger partial charge in [-0.1, -0.05) is 44.2 Å². The molecule has 7 N–H and O–H groups in total. The van der Waals surface area contributed by atoms with Crippen molar-refractivity contribution >= 4 is 121 Å². The first-order valence-corrected chi connectivity index (χ1v) is 34.5. The number of Topliss-reactive ketones (excluding diaryl/α,β-unsaturated/α-hetero) is 1. The van der Waals surface area contributed by atoms with E-state index >= 15 is 0 Å². The number of pyridine rings is 1. The minimum Gasteiger partial charge on any atom is -0.481 e. The van der Waals surface area contributed by atoms with Gasteiger partial charge in [0.25, 0.3) is 11.8 Å². The van der Waals surface area contributed by atoms with Crippen molar-refractivity contribution in [2.45, 2.75) is 115 Å². The van der Waals surface area contributed by atoms with Crippen molar-refractivity contribution in [1.29, 1.82) is 0 Å². The second kappa shape index (κ2) is 30.1. The molecule has 0 radical (unpaired) electrons. The van der Waals surface area contributed by atoms with E-state index in [0.717, 1.165) is 22.7 Å². The van der Waals surface area contributed by atoms with Gasteiger partial charge in [-0.05, 0) is 69.1 Å². The summed E-state index contributed by atoms with van der Waals surface area (Å²) in [4.78, 5) is 144. The second-order valence-corrected chi connectivity index (χ2v) is 27.9. The molecule has 1 aliphatic carbocycles. The number of fused-ring (bicyclic) bond motifs is 14. The Morgan fingerprint density at radius 1 is 0.728 bits per heavy atom. The number of anilines is 1. The number of carbonyl (C=O) groups excluding carboxylic acids is 6. The number of carbonyl (C=O) groups is 8. The molecule has 1 saturated carbocycles. The van der Waals surface area contributed by atoms with E-state index in [1.807, 2.05) is 13.8 Å². The summed E-state index contributed by atoms with van der Waals surface area (Å²) < 4.78 is 11.4. The van der Waals surface area contributed by atoms with Crippen LogP contribution in [-0.4, -0.2) is 131 Å². The fraction of sp³-hybridized carbons (Fsp3) is 0.393. The van der Waals surface area contributed by atoms with Crippen LogP contribution in [0, 0.1) is 18.8 Å². The number of amides is 5. The van der Waals surface area contributed by atoms with Gasteiger partial charge >= 0.3 is 18.0 Å². The molecule has 10 bridgehead atoms. The molecule has 0 spiro atoms. The molecule has 2 aliphatic rings. The molecule has 31 heteroatoms. The molecular weight excluding hydrogens is 1300 g/mol. The Kier molecular flexibility index (Phi) is 21.8. The van der Waals surface area contributed by atoms with Gasteiger partial charge in [-0.15, -0.1) is 68.0 Å². The molecule has 4 atom stereocenters. The molecule has 0 saturated heterocycles. The third-order valence-corrected chi connectivity index (χ3v) is 21.2. The quantitative estimate of drug-likeness (QED) is 0.0442. The van der Waals surface area contributed by atoms with Crippen LogP contribution in [0.3, 0.4) is 0 Å². The van der Waals surface area contributed by atoms with Gasteiger partial charge in [-0.25, -0.2) is 39.7 Å². The number of aliphatic carboxylic acids is 2. The predicted molar refractivity (Wildman–Crippen MR) is 347 cm³/mol. The number of hydrogen-bond donors (Lipinski definition) is 7. The Hall–Kier alpha value is -8.17. The number of aryl methyl sites for hydroxylation is 1. The molecule has 10 rings (SSSR count). The first kappa shape index (κ1) is 66.7. The van der Waals surface area contributed by atoms with Crippen LogP contribution in [0.4, 0.5) is 10.6 Å². The number of ketones is 1. The Balaban J connectivity index is 1.03. The van der Waals surface area contributed by atoms with Crippen LogP contribution in [-0.2, 0) is 35.3 Å². The maximum Gasteiger partial charge on any atom is 0.415 e. The Morgan fingerprint density at radius 3 is 2.16 bits per heavy atom. The average molecular weight is 1370 g/mol. The summed E-state index contributed by atoms with van der Waals surface area (Å²) in [5.41, 5.74) is 2.55. The smallest absolute Gasteiger partial charge is 0.415 e. The highest BCUT2D eigenvalue weighted by atomic mass is 32.1. The number of unbranched alkanes of at least 4 members (excludes halogenated alkanes) is 1. The van der Waals surface area contributed by atoms with Gasteiger partial charge in [-0.2, -0.15) is 0 Å². The topological polar surface area (TPSA) is 357 Å². The highest BCUT2D eigenvalue weighted by molar-refractivity contribution is 7.15. The summed E-state index contributed by atoms with van der Waals surface area (Å²) in [5.74, 6) is -5.50. The number of aromatic nitrogens is 7. The lowest BCUT2D eigenvalue weighted by Crippen LogP contribution is -2.40. The standard InChI is InChI=1S/C61H64N12O13S6/c1-29(2)35-21-41(74)47-30(3)91-58(71-47)37(22-44(75)62-4)65-52(80)39-26-87-54(67-39)34-18-19-36(56-69-43(28-90-56)73(20-10-9-13-46(77)78)61(84)86-33-16-14-32(15-17-33)60(82)83)64-48(34)38-25-88-57(66-38)40-27-89-59(68-40)50(51(79)31-11-7-6-8-12-31)70-45(76)23-63-53(81)49-42(24-85-5)92-55(35)72-49/h6-8,11-12,18-19,25-29,32-33,35,37,50-51,79H,9-10,13-17,20-24H2,1-5H3,(H,62,75)(H,63,81)(H,65,80)(H,70,76)(H,77,78)(H,82,83)/t32?,33?,35-,37-,50-,51-/m0/s1. The molecule has 8 heterocycles. The maximum atomic E-state index is 14.4. The van der Waals surface area contributed by atoms with Crippen LogP contribution in [0.2, 0.25) is 0 Å². The largest absolute Gasteiger partial charge is 0.481 e. The Morgan fingerprint density at radius 2 is 1.43 bits per heavy atom. The lowest BCUT2D eigenvalue weighted by molar-refractivity contribution is -0.143. The van der Waals surface area contributed by atoms with E-state index in [1.54, 1.807) is 70.9 Å². The van der Waals surface area contributed by atoms with E-state index in [0.29, 0.717) is 106 Å². The van der Waals surface area contributed by atoms with Gasteiger partial charge in [0.2, 0.25) is 11.8 Å². The number of ether oxygens (including phenoxy) is 2. The Bertz CT molecular complexity index is 4020. The van der Waals surface area contributed by atoms with Crippen molar-refractivity contribution in [3.63, 3.8) is 0 Å². The Labute approximate surface area is 551 Å². The second-order valence-electron chi connectivity index (χ2n) is 22.1. The van der Waals surface area contributed by atoms with E-state index < -0.39 is 84.3 Å². The van der Waals surface area contributed by atoms with Crippen LogP contribution in [0.15, 0.2) is 64.0 Å². The molecule has 7 aromatic heterocycles. The number of carboxylic acid groups (broad SMARTS) is 2. The lowest BCUT2D eigenvalue weighted by Gasteiger charge is -2.28. The fourth-order valence-electron chi connectivity index (χ4n) is 10.4. The normalized spacial score (nSPS) is 18.5. The zero-order valence-electron chi connectivity index (χ0n) is 50.3. The zero-order chi connectivity index (χ0) is 65.3. The van der Waals surface area contributed by atoms with E-state index in [9.17, 15) is 53.7 Å². The van der Waals surface area contributed by atoms with Crippen LogP contribution in [0.1, 0.15) is 158 Å². The monoisotopic (exact) mass is 1360 g/mol. The van der Waals surface area contributed by atoms with Gasteiger partial charge in [0.15, 0.2) is 5.78 Å². The number of nitrogens with one attached hydrogen (secondary N) is 4. The summed E-state index contributed by atoms with van der Waals surface area (Å²) in [6.45, 7) is 5.18. The first-order valence-electron chi connectivity index (χ1n) is 29.3. The number of benzene rings is 1. The molecule has 0 unspecified atom stereocenters. The number of aliphatic hydroxyl groups is 1. The lowest BCUT2D eigenvalue weighted by atomic mass is 9.87. The molecule has 25 nitrogen and oxygen atoms in total. The van der Waals surface area contributed by atoms with E-state index in [1.165, 1.54) is 64.4 Å². The fourth-order valence-corrected chi connectivity index (χ4v) is 16.1. The zero-order valence-corrected chi connectivity index (χ0v) is 55.2. The predicted octanol–water partition coefficient (Wildman–Crippen LogP) is 10.0. The van der Waals surface area contributed by atoms with Crippen molar-refractivity contribution in [2.24, 2.45) is 11.8 Å². The van der Waals surface area contributed by atoms with Crippen LogP contribution >= 0.6 is 68.0 Å². The van der Waals surface area contributed by atoms with Gasteiger partial charge in [0.1, 0.15) is 83.3 Å². The van der Waals surface area contributed by atoms with Crippen molar-refractivity contribution in [2.75, 3.05) is 32.1 Å². The van der Waals surface area contributed by atoms with E-state index in [4.69, 9.17) is 44.4 Å². The SMILES string of the molecule is CNC(=O)C[C@@H]1NC(=O)c2csc(n2)-c2ccc(-c3nc(N(CCCCC(=O)O)C(=O)OC4CCC(C(=O)O)CC4)cs3)nc2-c2csc(n2)-c2csc(n2)[C@H]([C@@H](O)c2ccccc2)NC(=O)CNC(=O)c2nc(sc2COC)[C@H](C(C)C)CC(=O)c2nc1sc2C. The van der Waals surface area contributed by atoms with Crippen LogP contribution in [0.25, 0.3) is 43.4 Å². The summed E-state index contributed by atoms with van der Waals surface area (Å²) in [6, 6.07) is 10.1. The number of hydrogen-bond acceptors (Lipinski definition) is 24. The third-order valence-electron chi connectivity index (χ3n) is 15.4. The van der Waals surface area contributed by atoms with Crippen molar-refractivity contribution in [3.05, 3.63) is 111 Å². The number of thiazole rings is 6. The van der Waals surface area contributed by atoms with Gasteiger partial charge in [-0.3, -0.25) is 38.5 Å². The highest BCUT2D eigenvalue weighted by Gasteiger charge is 2.35. The molecular formula is C61H64N12O13S6. The number of methoxy groups -OCH3 is 1. The molecule has 5 amide bonds. The molecule has 1 fully saturated rings. The van der Waals surface area contributed by atoms with E-state index in [-0.39, 0.29) is 73.4 Å². The molecule has 8 aromatic rings. The van der Waals surface area contributed by atoms with Crippen molar-refractivity contribution in [3.8, 4) is 43.4 Å². The molecule has 92 heavy (non-hydrogen) atoms. The minimum atomic E-state index is -1.30. The summed E-state index contributed by atoms with van der Waals surface area (Å²) in [7, 11) is 2.94. The number of nitrogens with zero attached hydrogens (tertiary/aromatic N) is 8. The molecule has 1 aliphatic heterocycles. The number of aliphatic hydroxyl groups excluding tert-OH is 1. The van der Waals surface area contributed by atoms with Gasteiger partial charge in [0, 0.05) is 71.4 Å². The molecule has 1 aromatic carbocycles. The molecule has 482 valence electrons. The minimum absolute atomic E-state index is 0.00252. The third kappa shape index (κ3) is 15.8. The number of carboxylic acids is 2. The summed E-state index contributed by atoms with van der Waals surface area (Å²) in [5, 5.41) is 51.0. The van der Waals surface area contributed by atoms with Crippen LogP contribution in [0.5, 0.6) is 0 Å². The summed E-state index contributed by atoms with van der Waals surface area (Å²) >= 11 is 7.13.